The third-order valence-electron chi connectivity index (χ3n) is 5.47. The van der Waals surface area contributed by atoms with Crippen LogP contribution < -0.4 is 5.56 Å². The number of halogens is 1. The van der Waals surface area contributed by atoms with Crippen LogP contribution in [-0.4, -0.2) is 50.0 Å². The van der Waals surface area contributed by atoms with E-state index in [1.54, 1.807) is 31.2 Å². The lowest BCUT2D eigenvalue weighted by atomic mass is 10.1. The van der Waals surface area contributed by atoms with Crippen molar-refractivity contribution < 1.29 is 23.8 Å². The SMILES string of the molecule is Cc1cccc2nc(COC(=O)C3CC(O)CN3C(=O)Cc3ccccc3F)cc(=O)n12. The van der Waals surface area contributed by atoms with Gasteiger partial charge < -0.3 is 14.7 Å². The van der Waals surface area contributed by atoms with Gasteiger partial charge in [-0.1, -0.05) is 24.3 Å². The van der Waals surface area contributed by atoms with Crippen LogP contribution in [0.4, 0.5) is 4.39 Å². The molecule has 0 bridgehead atoms. The van der Waals surface area contributed by atoms with Gasteiger partial charge in [-0.2, -0.15) is 0 Å². The fourth-order valence-electron chi connectivity index (χ4n) is 3.90. The fraction of sp³-hybridized carbons (Fsp3) is 0.304. The lowest BCUT2D eigenvalue weighted by Crippen LogP contribution is -2.42. The van der Waals surface area contributed by atoms with E-state index in [2.05, 4.69) is 4.98 Å². The van der Waals surface area contributed by atoms with Gasteiger partial charge in [0.1, 0.15) is 24.1 Å². The van der Waals surface area contributed by atoms with Crippen molar-refractivity contribution in [1.82, 2.24) is 14.3 Å². The molecule has 0 aliphatic carbocycles. The Morgan fingerprint density at radius 1 is 1.22 bits per heavy atom. The molecule has 1 fully saturated rings. The van der Waals surface area contributed by atoms with Crippen LogP contribution in [0, 0.1) is 12.7 Å². The quantitative estimate of drug-likeness (QED) is 0.603. The number of rotatable bonds is 5. The number of esters is 1. The van der Waals surface area contributed by atoms with Crippen molar-refractivity contribution in [2.45, 2.75) is 38.5 Å². The molecule has 1 aliphatic rings. The van der Waals surface area contributed by atoms with Crippen molar-refractivity contribution in [2.24, 2.45) is 0 Å². The number of carbonyl (C=O) groups is 2. The van der Waals surface area contributed by atoms with Gasteiger partial charge in [0.25, 0.3) is 5.56 Å². The van der Waals surface area contributed by atoms with E-state index in [0.29, 0.717) is 5.65 Å². The third-order valence-corrected chi connectivity index (χ3v) is 5.47. The Morgan fingerprint density at radius 3 is 2.78 bits per heavy atom. The minimum absolute atomic E-state index is 0.0227. The molecule has 0 spiro atoms. The van der Waals surface area contributed by atoms with Crippen LogP contribution in [0.15, 0.2) is 53.3 Å². The van der Waals surface area contributed by atoms with Gasteiger partial charge in [-0.05, 0) is 30.7 Å². The molecule has 0 saturated carbocycles. The number of amides is 1. The van der Waals surface area contributed by atoms with Crippen LogP contribution >= 0.6 is 0 Å². The first-order valence-corrected chi connectivity index (χ1v) is 10.2. The molecular weight excluding hydrogens is 417 g/mol. The van der Waals surface area contributed by atoms with Crippen molar-refractivity contribution in [3.05, 3.63) is 81.7 Å². The zero-order valence-corrected chi connectivity index (χ0v) is 17.4. The number of nitrogens with zero attached hydrogens (tertiary/aromatic N) is 3. The van der Waals surface area contributed by atoms with Gasteiger partial charge >= 0.3 is 5.97 Å². The molecule has 8 nitrogen and oxygen atoms in total. The minimum atomic E-state index is -0.993. The number of ether oxygens (including phenoxy) is 1. The summed E-state index contributed by atoms with van der Waals surface area (Å²) in [5, 5.41) is 10.0. The first kappa shape index (κ1) is 21.6. The zero-order chi connectivity index (χ0) is 22.8. The van der Waals surface area contributed by atoms with E-state index in [9.17, 15) is 23.9 Å². The number of benzene rings is 1. The smallest absolute Gasteiger partial charge is 0.329 e. The summed E-state index contributed by atoms with van der Waals surface area (Å²) in [6.07, 6.45) is -1.09. The Balaban J connectivity index is 1.46. The topological polar surface area (TPSA) is 101 Å². The van der Waals surface area contributed by atoms with Crippen LogP contribution in [0.3, 0.4) is 0 Å². The molecule has 1 N–H and O–H groups in total. The number of pyridine rings is 1. The number of aliphatic hydroxyl groups is 1. The number of hydrogen-bond acceptors (Lipinski definition) is 6. The number of β-amino-alcohol motifs (C(OH)–C–C–N with tert-alkyl or cyclic N) is 1. The highest BCUT2D eigenvalue weighted by Crippen LogP contribution is 2.21. The minimum Gasteiger partial charge on any atom is -0.458 e. The lowest BCUT2D eigenvalue weighted by molar-refractivity contribution is -0.154. The first-order chi connectivity index (χ1) is 15.3. The van der Waals surface area contributed by atoms with Gasteiger partial charge in [0, 0.05) is 24.7 Å². The van der Waals surface area contributed by atoms with Crippen LogP contribution in [0.2, 0.25) is 0 Å². The molecule has 2 unspecified atom stereocenters. The Morgan fingerprint density at radius 2 is 2.00 bits per heavy atom. The highest BCUT2D eigenvalue weighted by atomic mass is 19.1. The molecule has 2 atom stereocenters. The van der Waals surface area contributed by atoms with E-state index in [4.69, 9.17) is 4.74 Å². The zero-order valence-electron chi connectivity index (χ0n) is 17.4. The predicted molar refractivity (Wildman–Crippen MR) is 112 cm³/mol. The van der Waals surface area contributed by atoms with Gasteiger partial charge in [0.2, 0.25) is 5.91 Å². The molecule has 1 amide bonds. The van der Waals surface area contributed by atoms with Crippen molar-refractivity contribution in [3.8, 4) is 0 Å². The maximum absolute atomic E-state index is 13.9. The number of carbonyl (C=O) groups excluding carboxylic acids is 2. The molecule has 3 aromatic rings. The first-order valence-electron chi connectivity index (χ1n) is 10.2. The van der Waals surface area contributed by atoms with E-state index in [0.717, 1.165) is 5.69 Å². The Bertz CT molecular complexity index is 1240. The largest absolute Gasteiger partial charge is 0.458 e. The van der Waals surface area contributed by atoms with Crippen molar-refractivity contribution in [2.75, 3.05) is 6.54 Å². The summed E-state index contributed by atoms with van der Waals surface area (Å²) in [5.74, 6) is -1.70. The van der Waals surface area contributed by atoms with Gasteiger partial charge in [-0.3, -0.25) is 14.0 Å². The maximum atomic E-state index is 13.9. The maximum Gasteiger partial charge on any atom is 0.329 e. The Labute approximate surface area is 182 Å². The normalized spacial score (nSPS) is 18.2. The highest BCUT2D eigenvalue weighted by Gasteiger charge is 2.40. The average Bonchev–Trinajstić information content (AvgIpc) is 3.15. The van der Waals surface area contributed by atoms with E-state index < -0.39 is 29.8 Å². The van der Waals surface area contributed by atoms with Gasteiger partial charge in [-0.15, -0.1) is 0 Å². The van der Waals surface area contributed by atoms with E-state index in [1.807, 2.05) is 0 Å². The summed E-state index contributed by atoms with van der Waals surface area (Å²) >= 11 is 0. The molecule has 1 saturated heterocycles. The third kappa shape index (κ3) is 4.38. The predicted octanol–water partition coefficient (Wildman–Crippen LogP) is 1.39. The summed E-state index contributed by atoms with van der Waals surface area (Å²) < 4.78 is 20.7. The van der Waals surface area contributed by atoms with E-state index in [-0.39, 0.29) is 42.8 Å². The molecule has 9 heteroatoms. The monoisotopic (exact) mass is 439 g/mol. The highest BCUT2D eigenvalue weighted by molar-refractivity contribution is 5.86. The Hall–Kier alpha value is -3.59. The summed E-state index contributed by atoms with van der Waals surface area (Å²) in [7, 11) is 0. The van der Waals surface area contributed by atoms with E-state index in [1.165, 1.54) is 33.6 Å². The van der Waals surface area contributed by atoms with Crippen LogP contribution in [0.1, 0.15) is 23.4 Å². The number of hydrogen-bond donors (Lipinski definition) is 1. The standard InChI is InChI=1S/C23H22FN3O5/c1-14-5-4-8-20-25-16(10-22(30)27(14)20)13-32-23(31)19-11-17(28)12-26(19)21(29)9-15-6-2-3-7-18(15)24/h2-8,10,17,19,28H,9,11-13H2,1H3. The van der Waals surface area contributed by atoms with Crippen LogP contribution in [0.5, 0.6) is 0 Å². The summed E-state index contributed by atoms with van der Waals surface area (Å²) in [4.78, 5) is 43.3. The fourth-order valence-corrected chi connectivity index (χ4v) is 3.90. The second kappa shape index (κ2) is 8.88. The van der Waals surface area contributed by atoms with Gasteiger partial charge in [-0.25, -0.2) is 14.2 Å². The number of aryl methyl sites for hydroxylation is 1. The molecule has 3 heterocycles. The number of likely N-dealkylation sites (tertiary alicyclic amines) is 1. The lowest BCUT2D eigenvalue weighted by Gasteiger charge is -2.23. The molecule has 32 heavy (non-hydrogen) atoms. The van der Waals surface area contributed by atoms with E-state index >= 15 is 0 Å². The second-order valence-corrected chi connectivity index (χ2v) is 7.77. The molecule has 0 radical (unpaired) electrons. The molecular formula is C23H22FN3O5. The van der Waals surface area contributed by atoms with Crippen molar-refractivity contribution >= 4 is 17.5 Å². The van der Waals surface area contributed by atoms with Crippen molar-refractivity contribution in [1.29, 1.82) is 0 Å². The number of aromatic nitrogens is 2. The molecule has 166 valence electrons. The number of aliphatic hydroxyl groups excluding tert-OH is 1. The number of fused-ring (bicyclic) bond motifs is 1. The van der Waals surface area contributed by atoms with Gasteiger partial charge in [0.15, 0.2) is 0 Å². The van der Waals surface area contributed by atoms with Crippen molar-refractivity contribution in [3.63, 3.8) is 0 Å². The van der Waals surface area contributed by atoms with Crippen LogP contribution in [0.25, 0.3) is 5.65 Å². The summed E-state index contributed by atoms with van der Waals surface area (Å²) in [6, 6.07) is 11.4. The van der Waals surface area contributed by atoms with Gasteiger partial charge in [0.05, 0.1) is 18.2 Å². The molecule has 1 aromatic carbocycles. The molecule has 2 aromatic heterocycles. The average molecular weight is 439 g/mol. The summed E-state index contributed by atoms with van der Waals surface area (Å²) in [6.45, 7) is 1.50. The molecule has 1 aliphatic heterocycles. The molecule has 4 rings (SSSR count). The summed E-state index contributed by atoms with van der Waals surface area (Å²) in [5.41, 5.74) is 1.35. The van der Waals surface area contributed by atoms with Crippen LogP contribution in [-0.2, 0) is 27.4 Å². The Kier molecular flexibility index (Phi) is 6.00. The second-order valence-electron chi connectivity index (χ2n) is 7.77.